The minimum Gasteiger partial charge on any atom is -0.444 e. The monoisotopic (exact) mass is 571 g/mol. The second-order valence-electron chi connectivity index (χ2n) is 10.9. The summed E-state index contributed by atoms with van der Waals surface area (Å²) < 4.78 is 5.43. The van der Waals surface area contributed by atoms with E-state index in [-0.39, 0.29) is 6.42 Å². The average Bonchev–Trinajstić information content (AvgIpc) is 2.98. The van der Waals surface area contributed by atoms with Crippen LogP contribution in [0.3, 0.4) is 0 Å². The fourth-order valence-corrected chi connectivity index (χ4v) is 4.68. The van der Waals surface area contributed by atoms with Crippen LogP contribution in [0.5, 0.6) is 0 Å². The van der Waals surface area contributed by atoms with Crippen LogP contribution in [0.25, 0.3) is 10.8 Å². The Morgan fingerprint density at radius 2 is 1.51 bits per heavy atom. The van der Waals surface area contributed by atoms with Crippen LogP contribution in [0, 0.1) is 24.8 Å². The quantitative estimate of drug-likeness (QED) is 0.199. The minimum absolute atomic E-state index is 0.104. The number of amides is 3. The van der Waals surface area contributed by atoms with E-state index in [1.54, 1.807) is 51.1 Å². The van der Waals surface area contributed by atoms with Crippen molar-refractivity contribution in [2.45, 2.75) is 44.9 Å². The third kappa shape index (κ3) is 7.81. The second kappa shape index (κ2) is 13.4. The Balaban J connectivity index is 1.73. The summed E-state index contributed by atoms with van der Waals surface area (Å²) in [6.07, 6.45) is 11.1. The number of hydrogen-bond acceptors (Lipinski definition) is 4. The number of rotatable bonds is 8. The summed E-state index contributed by atoms with van der Waals surface area (Å²) in [4.78, 5) is 42.1. The third-order valence-corrected chi connectivity index (χ3v) is 6.58. The first kappa shape index (κ1) is 30.4. The van der Waals surface area contributed by atoms with Crippen LogP contribution < -0.4 is 10.6 Å². The van der Waals surface area contributed by atoms with Gasteiger partial charge in [0.05, 0.1) is 0 Å². The Labute approximate surface area is 252 Å². The van der Waals surface area contributed by atoms with Crippen molar-refractivity contribution in [2.24, 2.45) is 0 Å². The summed E-state index contributed by atoms with van der Waals surface area (Å²) in [7, 11) is 0. The molecule has 7 nitrogen and oxygen atoms in total. The second-order valence-corrected chi connectivity index (χ2v) is 10.9. The van der Waals surface area contributed by atoms with Gasteiger partial charge in [0.15, 0.2) is 6.04 Å². The van der Waals surface area contributed by atoms with E-state index >= 15 is 0 Å². The molecule has 0 bridgehead atoms. The van der Waals surface area contributed by atoms with Crippen molar-refractivity contribution in [2.75, 3.05) is 5.32 Å². The molecule has 0 spiro atoms. The van der Waals surface area contributed by atoms with Crippen molar-refractivity contribution in [1.82, 2.24) is 10.2 Å². The molecule has 2 unspecified atom stereocenters. The molecule has 2 N–H and O–H groups in total. The molecule has 0 heterocycles. The Morgan fingerprint density at radius 3 is 2.19 bits per heavy atom. The molecule has 0 saturated carbocycles. The number of terminal acetylenes is 2. The molecule has 43 heavy (non-hydrogen) atoms. The number of hydrogen-bond donors (Lipinski definition) is 2. The van der Waals surface area contributed by atoms with Crippen molar-refractivity contribution >= 4 is 34.4 Å². The lowest BCUT2D eigenvalue weighted by atomic mass is 9.97. The van der Waals surface area contributed by atoms with Crippen LogP contribution in [0.15, 0.2) is 97.1 Å². The van der Waals surface area contributed by atoms with Gasteiger partial charge in [-0.1, -0.05) is 91.2 Å². The highest BCUT2D eigenvalue weighted by molar-refractivity contribution is 6.01. The van der Waals surface area contributed by atoms with E-state index in [4.69, 9.17) is 17.6 Å². The van der Waals surface area contributed by atoms with Crippen LogP contribution in [0.2, 0.25) is 0 Å². The zero-order valence-electron chi connectivity index (χ0n) is 24.3. The number of carbonyl (C=O) groups excluding carboxylic acids is 3. The van der Waals surface area contributed by atoms with Gasteiger partial charge in [-0.2, -0.15) is 0 Å². The van der Waals surface area contributed by atoms with Crippen LogP contribution in [-0.4, -0.2) is 34.5 Å². The maximum Gasteiger partial charge on any atom is 0.408 e. The van der Waals surface area contributed by atoms with Gasteiger partial charge in [-0.15, -0.1) is 6.42 Å². The first-order valence-electron chi connectivity index (χ1n) is 13.8. The van der Waals surface area contributed by atoms with E-state index in [2.05, 4.69) is 22.6 Å². The van der Waals surface area contributed by atoms with Crippen molar-refractivity contribution in [1.29, 1.82) is 0 Å². The molecule has 7 heteroatoms. The highest BCUT2D eigenvalue weighted by Gasteiger charge is 2.37. The number of alkyl carbamates (subject to hydrolysis) is 1. The maximum absolute atomic E-state index is 14.2. The summed E-state index contributed by atoms with van der Waals surface area (Å²) >= 11 is 0. The molecular formula is C36H33N3O4. The van der Waals surface area contributed by atoms with Crippen LogP contribution in [0.4, 0.5) is 10.5 Å². The molecule has 0 saturated heterocycles. The van der Waals surface area contributed by atoms with E-state index in [1.165, 1.54) is 0 Å². The summed E-state index contributed by atoms with van der Waals surface area (Å²) in [5.74, 6) is 1.34. The first-order chi connectivity index (χ1) is 20.6. The molecule has 0 aliphatic heterocycles. The van der Waals surface area contributed by atoms with Crippen molar-refractivity contribution in [3.05, 3.63) is 114 Å². The molecule has 4 rings (SSSR count). The van der Waals surface area contributed by atoms with E-state index in [1.807, 2.05) is 66.7 Å². The van der Waals surface area contributed by atoms with Gasteiger partial charge < -0.3 is 15.4 Å². The number of ether oxygens (including phenoxy) is 1. The molecule has 2 atom stereocenters. The van der Waals surface area contributed by atoms with E-state index < -0.39 is 35.6 Å². The molecule has 216 valence electrons. The predicted molar refractivity (Wildman–Crippen MR) is 169 cm³/mol. The Kier molecular flexibility index (Phi) is 9.50. The number of nitrogens with one attached hydrogen (secondary N) is 2. The van der Waals surface area contributed by atoms with Crippen molar-refractivity contribution in [3.8, 4) is 24.8 Å². The summed E-state index contributed by atoms with van der Waals surface area (Å²) in [5.41, 5.74) is 1.25. The normalized spacial score (nSPS) is 12.2. The molecule has 3 amide bonds. The van der Waals surface area contributed by atoms with Crippen LogP contribution >= 0.6 is 0 Å². The minimum atomic E-state index is -1.31. The molecule has 4 aromatic rings. The summed E-state index contributed by atoms with van der Waals surface area (Å²) in [5, 5.41) is 7.50. The number of benzene rings is 4. The van der Waals surface area contributed by atoms with Gasteiger partial charge in [0.1, 0.15) is 11.6 Å². The van der Waals surface area contributed by atoms with E-state index in [0.717, 1.165) is 21.2 Å². The summed E-state index contributed by atoms with van der Waals surface area (Å²) in [6.45, 7) is 5.16. The lowest BCUT2D eigenvalue weighted by molar-refractivity contribution is -0.136. The number of anilines is 1. The van der Waals surface area contributed by atoms with Gasteiger partial charge in [-0.25, -0.2) is 4.79 Å². The Bertz CT molecular complexity index is 1710. The molecular weight excluding hydrogens is 538 g/mol. The molecule has 4 aromatic carbocycles. The fourth-order valence-electron chi connectivity index (χ4n) is 4.68. The molecule has 0 aliphatic rings. The van der Waals surface area contributed by atoms with Gasteiger partial charge in [0.2, 0.25) is 0 Å². The topological polar surface area (TPSA) is 87.7 Å². The van der Waals surface area contributed by atoms with Gasteiger partial charge in [-0.05, 0) is 55.3 Å². The lowest BCUT2D eigenvalue weighted by Crippen LogP contribution is -2.51. The zero-order valence-corrected chi connectivity index (χ0v) is 24.3. The molecule has 0 fully saturated rings. The molecule has 0 radical (unpaired) electrons. The number of fused-ring (bicyclic) bond motifs is 1. The van der Waals surface area contributed by atoms with E-state index in [0.29, 0.717) is 16.8 Å². The third-order valence-electron chi connectivity index (χ3n) is 6.58. The maximum atomic E-state index is 14.2. The average molecular weight is 572 g/mol. The van der Waals surface area contributed by atoms with Gasteiger partial charge in [0, 0.05) is 29.3 Å². The standard InChI is InChI=1S/C36H33N3O4/c1-6-26-17-13-14-20-30(26)32(33(40)37-29-22-21-27-18-11-12-19-28(27)24-29)39(7-2)34(41)31(23-25-15-9-8-10-16-25)38-35(42)43-36(3,4)5/h1-2,8-22,24,31-32H,23H2,3-5H3,(H,37,40)(H,38,42). The summed E-state index contributed by atoms with van der Waals surface area (Å²) in [6, 6.07) is 29.1. The largest absolute Gasteiger partial charge is 0.444 e. The van der Waals surface area contributed by atoms with Crippen LogP contribution in [0.1, 0.15) is 43.5 Å². The SMILES string of the molecule is C#Cc1ccccc1C(C(=O)Nc1ccc2ccccc2c1)N(C#C)C(=O)C(Cc1ccccc1)NC(=O)OC(C)(C)C. The van der Waals surface area contributed by atoms with Crippen molar-refractivity contribution in [3.63, 3.8) is 0 Å². The highest BCUT2D eigenvalue weighted by Crippen LogP contribution is 2.28. The Hall–Kier alpha value is -5.53. The highest BCUT2D eigenvalue weighted by atomic mass is 16.6. The van der Waals surface area contributed by atoms with Gasteiger partial charge in [0.25, 0.3) is 11.8 Å². The van der Waals surface area contributed by atoms with Gasteiger partial charge >= 0.3 is 6.09 Å². The molecule has 0 aliphatic carbocycles. The first-order valence-corrected chi connectivity index (χ1v) is 13.8. The zero-order chi connectivity index (χ0) is 31.0. The van der Waals surface area contributed by atoms with Crippen molar-refractivity contribution < 1.29 is 19.1 Å². The number of nitrogens with zero attached hydrogens (tertiary/aromatic N) is 1. The molecule has 0 aromatic heterocycles. The Morgan fingerprint density at radius 1 is 0.860 bits per heavy atom. The number of carbonyl (C=O) groups is 3. The fraction of sp³-hybridized carbons (Fsp3) is 0.194. The smallest absolute Gasteiger partial charge is 0.408 e. The van der Waals surface area contributed by atoms with E-state index in [9.17, 15) is 14.4 Å². The van der Waals surface area contributed by atoms with Crippen LogP contribution in [-0.2, 0) is 20.7 Å². The van der Waals surface area contributed by atoms with Gasteiger partial charge in [-0.3, -0.25) is 14.5 Å². The lowest BCUT2D eigenvalue weighted by Gasteiger charge is -2.31. The predicted octanol–water partition coefficient (Wildman–Crippen LogP) is 6.06.